The Morgan fingerprint density at radius 1 is 1.10 bits per heavy atom. The molecule has 4 aromatic rings. The van der Waals surface area contributed by atoms with E-state index in [0.717, 1.165) is 15.6 Å². The molecule has 0 aliphatic rings. The lowest BCUT2D eigenvalue weighted by molar-refractivity contribution is 0.0951. The fraction of sp³-hybridized carbons (Fsp3) is 0.0870. The van der Waals surface area contributed by atoms with Crippen molar-refractivity contribution in [3.05, 3.63) is 108 Å². The predicted octanol–water partition coefficient (Wildman–Crippen LogP) is 5.45. The highest BCUT2D eigenvalue weighted by molar-refractivity contribution is 9.10. The summed E-state index contributed by atoms with van der Waals surface area (Å²) in [5.41, 5.74) is 2.77. The quantitative estimate of drug-likeness (QED) is 0.348. The van der Waals surface area contributed by atoms with Crippen molar-refractivity contribution >= 4 is 56.6 Å². The Balaban J connectivity index is 1.51. The Labute approximate surface area is 196 Å². The zero-order chi connectivity index (χ0) is 22.0. The molecule has 2 N–H and O–H groups in total. The normalized spacial score (nSPS) is 10.9. The molecule has 0 saturated heterocycles. The monoisotopic (exact) mass is 513 g/mol. The summed E-state index contributed by atoms with van der Waals surface area (Å²) in [6.07, 6.45) is 0. The average molecular weight is 515 g/mol. The number of hydrogen-bond donors (Lipinski definition) is 2. The number of fused-ring (bicyclic) bond motifs is 1. The van der Waals surface area contributed by atoms with Gasteiger partial charge >= 0.3 is 0 Å². The third-order valence-corrected chi connectivity index (χ3v) is 6.08. The van der Waals surface area contributed by atoms with Crippen LogP contribution in [-0.4, -0.2) is 15.5 Å². The van der Waals surface area contributed by atoms with Gasteiger partial charge in [-0.2, -0.15) is 0 Å². The van der Waals surface area contributed by atoms with Gasteiger partial charge in [0, 0.05) is 21.6 Å². The number of nitrogens with one attached hydrogen (secondary N) is 2. The highest BCUT2D eigenvalue weighted by Gasteiger charge is 2.09. The highest BCUT2D eigenvalue weighted by Crippen LogP contribution is 2.16. The number of halogens is 2. The van der Waals surface area contributed by atoms with Gasteiger partial charge in [-0.3, -0.25) is 14.2 Å². The number of H-pyrrole nitrogens is 1. The SMILES string of the molecule is O=C(NCc1ccccc1Cl)c1ccc(Cn2c(=S)[nH]c3ccc(Br)cc3c2=O)cc1. The van der Waals surface area contributed by atoms with Crippen molar-refractivity contribution in [2.45, 2.75) is 13.1 Å². The molecule has 0 unspecified atom stereocenters. The number of aromatic nitrogens is 2. The van der Waals surface area contributed by atoms with Gasteiger partial charge in [0.15, 0.2) is 4.77 Å². The number of nitrogens with zero attached hydrogens (tertiary/aromatic N) is 1. The van der Waals surface area contributed by atoms with Crippen LogP contribution in [0.15, 0.2) is 76.0 Å². The van der Waals surface area contributed by atoms with Gasteiger partial charge in [0.1, 0.15) is 0 Å². The van der Waals surface area contributed by atoms with Crippen LogP contribution in [0, 0.1) is 4.77 Å². The van der Waals surface area contributed by atoms with E-state index >= 15 is 0 Å². The van der Waals surface area contributed by atoms with Gasteiger partial charge in [0.05, 0.1) is 17.4 Å². The summed E-state index contributed by atoms with van der Waals surface area (Å²) in [5, 5.41) is 4.03. The second kappa shape index (κ2) is 9.18. The van der Waals surface area contributed by atoms with Gasteiger partial charge in [-0.25, -0.2) is 0 Å². The van der Waals surface area contributed by atoms with E-state index < -0.39 is 0 Å². The van der Waals surface area contributed by atoms with Crippen LogP contribution in [0.2, 0.25) is 5.02 Å². The molecule has 1 aromatic heterocycles. The zero-order valence-corrected chi connectivity index (χ0v) is 19.4. The van der Waals surface area contributed by atoms with Crippen molar-refractivity contribution in [1.29, 1.82) is 0 Å². The Kier molecular flexibility index (Phi) is 6.36. The third kappa shape index (κ3) is 4.79. The molecule has 8 heteroatoms. The van der Waals surface area contributed by atoms with Gasteiger partial charge in [-0.15, -0.1) is 0 Å². The van der Waals surface area contributed by atoms with Crippen molar-refractivity contribution in [3.63, 3.8) is 0 Å². The Bertz CT molecular complexity index is 1400. The van der Waals surface area contributed by atoms with E-state index in [4.69, 9.17) is 23.8 Å². The molecule has 0 atom stereocenters. The minimum Gasteiger partial charge on any atom is -0.348 e. The first-order chi connectivity index (χ1) is 14.9. The summed E-state index contributed by atoms with van der Waals surface area (Å²) in [6, 6.07) is 19.9. The lowest BCUT2D eigenvalue weighted by Crippen LogP contribution is -2.24. The summed E-state index contributed by atoms with van der Waals surface area (Å²) >= 11 is 14.9. The molecule has 4 rings (SSSR count). The number of rotatable bonds is 5. The molecule has 1 amide bonds. The topological polar surface area (TPSA) is 66.9 Å². The Morgan fingerprint density at radius 2 is 1.84 bits per heavy atom. The molecule has 0 spiro atoms. The minimum atomic E-state index is -0.198. The van der Waals surface area contributed by atoms with Crippen molar-refractivity contribution in [2.75, 3.05) is 0 Å². The van der Waals surface area contributed by atoms with Crippen LogP contribution in [0.1, 0.15) is 21.5 Å². The molecule has 0 fully saturated rings. The number of aromatic amines is 1. The smallest absolute Gasteiger partial charge is 0.262 e. The summed E-state index contributed by atoms with van der Waals surface area (Å²) in [6.45, 7) is 0.648. The van der Waals surface area contributed by atoms with Crippen LogP contribution in [0.3, 0.4) is 0 Å². The second-order valence-corrected chi connectivity index (χ2v) is 8.69. The maximum atomic E-state index is 12.9. The molecule has 1 heterocycles. The van der Waals surface area contributed by atoms with Crippen molar-refractivity contribution in [2.24, 2.45) is 0 Å². The van der Waals surface area contributed by atoms with Crippen LogP contribution in [0.5, 0.6) is 0 Å². The van der Waals surface area contributed by atoms with E-state index in [0.29, 0.717) is 39.3 Å². The van der Waals surface area contributed by atoms with Crippen LogP contribution >= 0.6 is 39.7 Å². The van der Waals surface area contributed by atoms with E-state index in [1.54, 1.807) is 24.3 Å². The fourth-order valence-electron chi connectivity index (χ4n) is 3.23. The number of hydrogen-bond acceptors (Lipinski definition) is 3. The summed E-state index contributed by atoms with van der Waals surface area (Å²) in [7, 11) is 0. The zero-order valence-electron chi connectivity index (χ0n) is 16.2. The van der Waals surface area contributed by atoms with Gasteiger partial charge in [0.2, 0.25) is 0 Å². The molecule has 3 aromatic carbocycles. The Morgan fingerprint density at radius 3 is 2.58 bits per heavy atom. The van der Waals surface area contributed by atoms with E-state index in [1.807, 2.05) is 42.5 Å². The van der Waals surface area contributed by atoms with E-state index in [9.17, 15) is 9.59 Å². The minimum absolute atomic E-state index is 0.165. The van der Waals surface area contributed by atoms with Crippen molar-refractivity contribution in [3.8, 4) is 0 Å². The molecular formula is C23H17BrClN3O2S. The maximum Gasteiger partial charge on any atom is 0.262 e. The Hall–Kier alpha value is -2.74. The number of amides is 1. The standard InChI is InChI=1S/C23H17BrClN3O2S/c24-17-9-10-20-18(11-17)22(30)28(23(31)27-20)13-14-5-7-15(8-6-14)21(29)26-12-16-3-1-2-4-19(16)25/h1-11H,12-13H2,(H,26,29)(H,27,31). The van der Waals surface area contributed by atoms with Gasteiger partial charge in [-0.05, 0) is 59.7 Å². The first-order valence-corrected chi connectivity index (χ1v) is 11.0. The van der Waals surface area contributed by atoms with E-state index in [1.165, 1.54) is 4.57 Å². The third-order valence-electron chi connectivity index (χ3n) is 4.90. The van der Waals surface area contributed by atoms with Crippen LogP contribution in [-0.2, 0) is 13.1 Å². The van der Waals surface area contributed by atoms with E-state index in [2.05, 4.69) is 26.2 Å². The van der Waals surface area contributed by atoms with E-state index in [-0.39, 0.29) is 11.5 Å². The molecule has 0 saturated carbocycles. The average Bonchev–Trinajstić information content (AvgIpc) is 2.77. The van der Waals surface area contributed by atoms with Crippen LogP contribution in [0.25, 0.3) is 10.9 Å². The lowest BCUT2D eigenvalue weighted by Gasteiger charge is -2.10. The first-order valence-electron chi connectivity index (χ1n) is 9.45. The molecule has 0 radical (unpaired) electrons. The lowest BCUT2D eigenvalue weighted by atomic mass is 10.1. The largest absolute Gasteiger partial charge is 0.348 e. The summed E-state index contributed by atoms with van der Waals surface area (Å²) in [5.74, 6) is -0.198. The summed E-state index contributed by atoms with van der Waals surface area (Å²) < 4.78 is 2.68. The van der Waals surface area contributed by atoms with Crippen molar-refractivity contribution < 1.29 is 4.79 Å². The second-order valence-electron chi connectivity index (χ2n) is 6.98. The molecular weight excluding hydrogens is 498 g/mol. The molecule has 0 bridgehead atoms. The predicted molar refractivity (Wildman–Crippen MR) is 129 cm³/mol. The van der Waals surface area contributed by atoms with Gasteiger partial charge < -0.3 is 10.3 Å². The maximum absolute atomic E-state index is 12.9. The van der Waals surface area contributed by atoms with Crippen LogP contribution < -0.4 is 10.9 Å². The number of carbonyl (C=O) groups is 1. The van der Waals surface area contributed by atoms with Crippen molar-refractivity contribution in [1.82, 2.24) is 14.9 Å². The van der Waals surface area contributed by atoms with Gasteiger partial charge in [0.25, 0.3) is 11.5 Å². The first kappa shape index (κ1) is 21.5. The molecule has 156 valence electrons. The van der Waals surface area contributed by atoms with Crippen LogP contribution in [0.4, 0.5) is 0 Å². The molecule has 5 nitrogen and oxygen atoms in total. The number of benzene rings is 3. The number of carbonyl (C=O) groups excluding carboxylic acids is 1. The van der Waals surface area contributed by atoms with Gasteiger partial charge in [-0.1, -0.05) is 57.9 Å². The molecule has 0 aliphatic carbocycles. The highest BCUT2D eigenvalue weighted by atomic mass is 79.9. The molecule has 31 heavy (non-hydrogen) atoms. The molecule has 0 aliphatic heterocycles. The fourth-order valence-corrected chi connectivity index (χ4v) is 4.05. The summed E-state index contributed by atoms with van der Waals surface area (Å²) in [4.78, 5) is 28.5.